The minimum Gasteiger partial charge on any atom is -0.369 e. The third-order valence-electron chi connectivity index (χ3n) is 2.42. The smallest absolute Gasteiger partial charge is 0.143 e. The second-order valence-electron chi connectivity index (χ2n) is 3.95. The predicted molar refractivity (Wildman–Crippen MR) is 80.6 cm³/mol. The number of anilines is 1. The Labute approximate surface area is 120 Å². The first-order chi connectivity index (χ1) is 8.79. The molecule has 94 valence electrons. The molecule has 0 radical (unpaired) electrons. The van der Waals surface area contributed by atoms with Gasteiger partial charge >= 0.3 is 0 Å². The Bertz CT molecular complexity index is 502. The molecule has 2 aromatic heterocycles. The van der Waals surface area contributed by atoms with Crippen molar-refractivity contribution < 1.29 is 0 Å². The van der Waals surface area contributed by atoms with Gasteiger partial charge < -0.3 is 5.32 Å². The summed E-state index contributed by atoms with van der Waals surface area (Å²) in [6.45, 7) is 3.07. The lowest BCUT2D eigenvalue weighted by Gasteiger charge is -2.08. The first-order valence-electron chi connectivity index (χ1n) is 5.93. The van der Waals surface area contributed by atoms with Gasteiger partial charge in [0.2, 0.25) is 0 Å². The van der Waals surface area contributed by atoms with Crippen molar-refractivity contribution in [3.8, 4) is 0 Å². The van der Waals surface area contributed by atoms with E-state index in [-0.39, 0.29) is 0 Å². The lowest BCUT2D eigenvalue weighted by molar-refractivity contribution is 0.923. The van der Waals surface area contributed by atoms with Crippen LogP contribution < -0.4 is 5.32 Å². The standard InChI is InChI=1S/C13H15IN4/c1-2-5-16-13-11(14)9-17-12(18-13)7-10-4-3-6-15-8-10/h3-4,6,8-9H,2,5,7H2,1H3,(H,16,17,18). The maximum Gasteiger partial charge on any atom is 0.143 e. The Morgan fingerprint density at radius 3 is 2.94 bits per heavy atom. The van der Waals surface area contributed by atoms with Crippen molar-refractivity contribution in [1.82, 2.24) is 15.0 Å². The summed E-state index contributed by atoms with van der Waals surface area (Å²) in [5, 5.41) is 3.31. The maximum atomic E-state index is 4.55. The molecule has 0 bridgehead atoms. The summed E-state index contributed by atoms with van der Waals surface area (Å²) in [7, 11) is 0. The first-order valence-corrected chi connectivity index (χ1v) is 7.01. The van der Waals surface area contributed by atoms with Gasteiger partial charge in [0.05, 0.1) is 3.57 Å². The number of aromatic nitrogens is 3. The van der Waals surface area contributed by atoms with Crippen LogP contribution in [0.1, 0.15) is 24.7 Å². The van der Waals surface area contributed by atoms with Gasteiger partial charge in [0.15, 0.2) is 0 Å². The van der Waals surface area contributed by atoms with Crippen molar-refractivity contribution in [2.45, 2.75) is 19.8 Å². The molecule has 0 unspecified atom stereocenters. The van der Waals surface area contributed by atoms with Crippen LogP contribution in [0.15, 0.2) is 30.7 Å². The van der Waals surface area contributed by atoms with Crippen LogP contribution in [0.5, 0.6) is 0 Å². The van der Waals surface area contributed by atoms with Crippen molar-refractivity contribution in [3.63, 3.8) is 0 Å². The molecule has 0 amide bonds. The van der Waals surface area contributed by atoms with Crippen molar-refractivity contribution in [2.24, 2.45) is 0 Å². The average molecular weight is 354 g/mol. The molecule has 2 aromatic rings. The molecule has 1 N–H and O–H groups in total. The molecule has 5 heteroatoms. The van der Waals surface area contributed by atoms with E-state index in [4.69, 9.17) is 0 Å². The van der Waals surface area contributed by atoms with E-state index >= 15 is 0 Å². The highest BCUT2D eigenvalue weighted by Crippen LogP contribution is 2.15. The highest BCUT2D eigenvalue weighted by Gasteiger charge is 2.05. The molecule has 2 heterocycles. The van der Waals surface area contributed by atoms with Crippen LogP contribution in [0.25, 0.3) is 0 Å². The van der Waals surface area contributed by atoms with Crippen molar-refractivity contribution in [3.05, 3.63) is 45.7 Å². The van der Waals surface area contributed by atoms with E-state index < -0.39 is 0 Å². The Morgan fingerprint density at radius 2 is 2.22 bits per heavy atom. The lowest BCUT2D eigenvalue weighted by Crippen LogP contribution is -2.07. The van der Waals surface area contributed by atoms with Gasteiger partial charge in [-0.05, 0) is 40.6 Å². The van der Waals surface area contributed by atoms with Crippen molar-refractivity contribution >= 4 is 28.4 Å². The number of halogens is 1. The van der Waals surface area contributed by atoms with E-state index in [0.717, 1.165) is 33.7 Å². The summed E-state index contributed by atoms with van der Waals surface area (Å²) in [6, 6.07) is 3.96. The summed E-state index contributed by atoms with van der Waals surface area (Å²) in [4.78, 5) is 13.0. The molecule has 0 spiro atoms. The van der Waals surface area contributed by atoms with Crippen LogP contribution in [-0.2, 0) is 6.42 Å². The van der Waals surface area contributed by atoms with Crippen molar-refractivity contribution in [2.75, 3.05) is 11.9 Å². The van der Waals surface area contributed by atoms with Crippen LogP contribution in [-0.4, -0.2) is 21.5 Å². The zero-order chi connectivity index (χ0) is 12.8. The molecule has 2 rings (SSSR count). The lowest BCUT2D eigenvalue weighted by atomic mass is 10.2. The third-order valence-corrected chi connectivity index (χ3v) is 3.21. The molecular weight excluding hydrogens is 339 g/mol. The number of hydrogen-bond acceptors (Lipinski definition) is 4. The molecule has 0 atom stereocenters. The summed E-state index contributed by atoms with van der Waals surface area (Å²) < 4.78 is 1.05. The second-order valence-corrected chi connectivity index (χ2v) is 5.11. The van der Waals surface area contributed by atoms with Crippen LogP contribution in [0.2, 0.25) is 0 Å². The van der Waals surface area contributed by atoms with Gasteiger partial charge in [0.1, 0.15) is 11.6 Å². The predicted octanol–water partition coefficient (Wildman–Crippen LogP) is 2.89. The minimum atomic E-state index is 0.714. The molecule has 0 saturated carbocycles. The zero-order valence-electron chi connectivity index (χ0n) is 10.2. The van der Waals surface area contributed by atoms with Crippen molar-refractivity contribution in [1.29, 1.82) is 0 Å². The van der Waals surface area contributed by atoms with Crippen LogP contribution in [0.4, 0.5) is 5.82 Å². The SMILES string of the molecule is CCCNc1nc(Cc2cccnc2)ncc1I. The quantitative estimate of drug-likeness (QED) is 0.839. The Balaban J connectivity index is 2.14. The molecular formula is C13H15IN4. The Kier molecular flexibility index (Phi) is 4.86. The number of pyridine rings is 1. The van der Waals surface area contributed by atoms with E-state index in [1.54, 1.807) is 6.20 Å². The summed E-state index contributed by atoms with van der Waals surface area (Å²) in [5.41, 5.74) is 1.13. The molecule has 18 heavy (non-hydrogen) atoms. The van der Waals surface area contributed by atoms with Gasteiger partial charge in [-0.25, -0.2) is 9.97 Å². The zero-order valence-corrected chi connectivity index (χ0v) is 12.4. The molecule has 4 nitrogen and oxygen atoms in total. The third kappa shape index (κ3) is 3.63. The largest absolute Gasteiger partial charge is 0.369 e. The summed E-state index contributed by atoms with van der Waals surface area (Å²) in [6.07, 6.45) is 7.27. The number of hydrogen-bond donors (Lipinski definition) is 1. The maximum absolute atomic E-state index is 4.55. The molecule has 0 saturated heterocycles. The van der Waals surface area contributed by atoms with Crippen LogP contribution in [0, 0.1) is 3.57 Å². The van der Waals surface area contributed by atoms with Crippen LogP contribution >= 0.6 is 22.6 Å². The van der Waals surface area contributed by atoms with Gasteiger partial charge in [0.25, 0.3) is 0 Å². The fraction of sp³-hybridized carbons (Fsp3) is 0.308. The van der Waals surface area contributed by atoms with Crippen LogP contribution in [0.3, 0.4) is 0 Å². The topological polar surface area (TPSA) is 50.7 Å². The molecule has 0 fully saturated rings. The molecule has 0 aliphatic heterocycles. The van der Waals surface area contributed by atoms with E-state index in [0.29, 0.717) is 6.42 Å². The van der Waals surface area contributed by atoms with Gasteiger partial charge in [-0.1, -0.05) is 13.0 Å². The van der Waals surface area contributed by atoms with E-state index in [9.17, 15) is 0 Å². The Morgan fingerprint density at radius 1 is 1.33 bits per heavy atom. The fourth-order valence-corrected chi connectivity index (χ4v) is 1.99. The molecule has 0 aliphatic rings. The average Bonchev–Trinajstić information content (AvgIpc) is 2.40. The summed E-state index contributed by atoms with van der Waals surface area (Å²) >= 11 is 2.25. The first kappa shape index (κ1) is 13.2. The highest BCUT2D eigenvalue weighted by molar-refractivity contribution is 14.1. The number of nitrogens with zero attached hydrogens (tertiary/aromatic N) is 3. The van der Waals surface area contributed by atoms with E-state index in [2.05, 4.69) is 49.8 Å². The second kappa shape index (κ2) is 6.63. The number of rotatable bonds is 5. The number of nitrogens with one attached hydrogen (secondary N) is 1. The highest BCUT2D eigenvalue weighted by atomic mass is 127. The van der Waals surface area contributed by atoms with E-state index in [1.165, 1.54) is 0 Å². The Hall–Kier alpha value is -1.24. The fourth-order valence-electron chi connectivity index (χ4n) is 1.54. The van der Waals surface area contributed by atoms with E-state index in [1.807, 2.05) is 24.5 Å². The normalized spacial score (nSPS) is 10.3. The molecule has 0 aromatic carbocycles. The minimum absolute atomic E-state index is 0.714. The van der Waals surface area contributed by atoms with Gasteiger partial charge in [-0.15, -0.1) is 0 Å². The van der Waals surface area contributed by atoms with Gasteiger partial charge in [-0.2, -0.15) is 0 Å². The van der Waals surface area contributed by atoms with Gasteiger partial charge in [-0.3, -0.25) is 4.98 Å². The van der Waals surface area contributed by atoms with Gasteiger partial charge in [0, 0.05) is 31.6 Å². The summed E-state index contributed by atoms with van der Waals surface area (Å²) in [5.74, 6) is 1.74. The monoisotopic (exact) mass is 354 g/mol. The molecule has 0 aliphatic carbocycles.